The fraction of sp³-hybridized carbons (Fsp3) is 0.412. The average molecular weight is 335 g/mol. The van der Waals surface area contributed by atoms with Crippen molar-refractivity contribution in [2.45, 2.75) is 25.4 Å². The van der Waals surface area contributed by atoms with Gasteiger partial charge in [0.25, 0.3) is 5.91 Å². The molecule has 3 unspecified atom stereocenters. The molecule has 0 bridgehead atoms. The Morgan fingerprint density at radius 3 is 2.65 bits per heavy atom. The van der Waals surface area contributed by atoms with Crippen molar-refractivity contribution in [3.05, 3.63) is 54.4 Å². The molecule has 1 aliphatic rings. The Balaban J connectivity index is 0.00000192. The van der Waals surface area contributed by atoms with E-state index in [1.165, 1.54) is 0 Å². The van der Waals surface area contributed by atoms with Gasteiger partial charge in [0.15, 0.2) is 6.04 Å². The Labute approximate surface area is 142 Å². The minimum Gasteiger partial charge on any atom is -0.337 e. The van der Waals surface area contributed by atoms with E-state index in [-0.39, 0.29) is 24.4 Å². The molecule has 2 heterocycles. The SMILES string of the molecule is CC1CC(CN)CN1C(=O)C(c1ccccc1)n1cccn1.Cl. The van der Waals surface area contributed by atoms with Crippen LogP contribution in [0.4, 0.5) is 0 Å². The van der Waals surface area contributed by atoms with E-state index in [9.17, 15) is 4.79 Å². The van der Waals surface area contributed by atoms with Gasteiger partial charge in [-0.1, -0.05) is 30.3 Å². The molecule has 1 aromatic heterocycles. The number of benzene rings is 1. The third kappa shape index (κ3) is 3.57. The van der Waals surface area contributed by atoms with Crippen LogP contribution >= 0.6 is 12.4 Å². The molecule has 0 aliphatic carbocycles. The molecule has 1 amide bonds. The highest BCUT2D eigenvalue weighted by atomic mass is 35.5. The van der Waals surface area contributed by atoms with Crippen LogP contribution in [0.25, 0.3) is 0 Å². The van der Waals surface area contributed by atoms with E-state index >= 15 is 0 Å². The fourth-order valence-electron chi connectivity index (χ4n) is 3.25. The molecule has 5 nitrogen and oxygen atoms in total. The van der Waals surface area contributed by atoms with E-state index in [0.29, 0.717) is 12.5 Å². The van der Waals surface area contributed by atoms with Crippen LogP contribution in [0.1, 0.15) is 24.9 Å². The summed E-state index contributed by atoms with van der Waals surface area (Å²) in [6, 6.07) is 11.5. The van der Waals surface area contributed by atoms with E-state index < -0.39 is 6.04 Å². The molecule has 1 aromatic carbocycles. The molecule has 1 saturated heterocycles. The highest BCUT2D eigenvalue weighted by Gasteiger charge is 2.36. The Morgan fingerprint density at radius 1 is 1.35 bits per heavy atom. The first kappa shape index (κ1) is 17.5. The second-order valence-electron chi connectivity index (χ2n) is 5.98. The lowest BCUT2D eigenvalue weighted by Crippen LogP contribution is -2.40. The van der Waals surface area contributed by atoms with Gasteiger partial charge in [-0.15, -0.1) is 12.4 Å². The number of carbonyl (C=O) groups is 1. The number of amides is 1. The minimum absolute atomic E-state index is 0. The number of hydrogen-bond donors (Lipinski definition) is 1. The lowest BCUT2D eigenvalue weighted by Gasteiger charge is -2.27. The predicted octanol–water partition coefficient (Wildman–Crippen LogP) is 2.09. The van der Waals surface area contributed by atoms with Crippen molar-refractivity contribution in [2.75, 3.05) is 13.1 Å². The standard InChI is InChI=1S/C17H22N4O.ClH/c1-13-10-14(11-18)12-20(13)17(22)16(21-9-5-8-19-21)15-6-3-2-4-7-15;/h2-9,13-14,16H,10-12,18H2,1H3;1H. The molecule has 2 N–H and O–H groups in total. The Bertz CT molecular complexity index is 617. The fourth-order valence-corrected chi connectivity index (χ4v) is 3.25. The molecule has 2 aromatic rings. The normalized spacial score (nSPS) is 21.7. The molecule has 3 atom stereocenters. The van der Waals surface area contributed by atoms with Gasteiger partial charge in [-0.2, -0.15) is 5.10 Å². The highest BCUT2D eigenvalue weighted by molar-refractivity contribution is 5.85. The van der Waals surface area contributed by atoms with Crippen LogP contribution in [0.5, 0.6) is 0 Å². The van der Waals surface area contributed by atoms with Gasteiger partial charge in [-0.3, -0.25) is 9.48 Å². The molecule has 23 heavy (non-hydrogen) atoms. The number of nitrogens with zero attached hydrogens (tertiary/aromatic N) is 3. The zero-order valence-electron chi connectivity index (χ0n) is 13.2. The summed E-state index contributed by atoms with van der Waals surface area (Å²) in [5.74, 6) is 0.492. The zero-order valence-corrected chi connectivity index (χ0v) is 14.0. The predicted molar refractivity (Wildman–Crippen MR) is 92.4 cm³/mol. The first-order valence-corrected chi connectivity index (χ1v) is 7.75. The van der Waals surface area contributed by atoms with Crippen LogP contribution in [-0.2, 0) is 4.79 Å². The van der Waals surface area contributed by atoms with Crippen LogP contribution < -0.4 is 5.73 Å². The number of hydrogen-bond acceptors (Lipinski definition) is 3. The topological polar surface area (TPSA) is 64.2 Å². The molecule has 124 valence electrons. The largest absolute Gasteiger partial charge is 0.337 e. The smallest absolute Gasteiger partial charge is 0.252 e. The van der Waals surface area contributed by atoms with Crippen LogP contribution in [0.15, 0.2) is 48.8 Å². The quantitative estimate of drug-likeness (QED) is 0.931. The van der Waals surface area contributed by atoms with Gasteiger partial charge in [0.05, 0.1) is 0 Å². The van der Waals surface area contributed by atoms with Crippen molar-refractivity contribution < 1.29 is 4.79 Å². The first-order chi connectivity index (χ1) is 10.7. The van der Waals surface area contributed by atoms with Gasteiger partial charge in [0, 0.05) is 25.0 Å². The van der Waals surface area contributed by atoms with Crippen molar-refractivity contribution in [2.24, 2.45) is 11.7 Å². The molecule has 0 saturated carbocycles. The van der Waals surface area contributed by atoms with Crippen molar-refractivity contribution in [1.29, 1.82) is 0 Å². The number of nitrogens with two attached hydrogens (primary N) is 1. The third-order valence-electron chi connectivity index (χ3n) is 4.42. The number of likely N-dealkylation sites (tertiary alicyclic amines) is 1. The maximum Gasteiger partial charge on any atom is 0.252 e. The van der Waals surface area contributed by atoms with E-state index in [2.05, 4.69) is 12.0 Å². The summed E-state index contributed by atoms with van der Waals surface area (Å²) in [7, 11) is 0. The van der Waals surface area contributed by atoms with Crippen LogP contribution in [-0.4, -0.2) is 39.7 Å². The molecular weight excluding hydrogens is 312 g/mol. The minimum atomic E-state index is -0.407. The Kier molecular flexibility index (Phi) is 5.80. The van der Waals surface area contributed by atoms with E-state index in [1.807, 2.05) is 47.5 Å². The monoisotopic (exact) mass is 334 g/mol. The molecule has 1 aliphatic heterocycles. The maximum atomic E-state index is 13.1. The van der Waals surface area contributed by atoms with Crippen LogP contribution in [0.2, 0.25) is 0 Å². The summed E-state index contributed by atoms with van der Waals surface area (Å²) < 4.78 is 1.74. The van der Waals surface area contributed by atoms with Gasteiger partial charge < -0.3 is 10.6 Å². The van der Waals surface area contributed by atoms with Gasteiger partial charge in [-0.25, -0.2) is 0 Å². The van der Waals surface area contributed by atoms with Crippen LogP contribution in [0.3, 0.4) is 0 Å². The summed E-state index contributed by atoms with van der Waals surface area (Å²) in [5, 5.41) is 4.29. The molecule has 1 fully saturated rings. The summed E-state index contributed by atoms with van der Waals surface area (Å²) in [6.45, 7) is 3.46. The van der Waals surface area contributed by atoms with Crippen molar-refractivity contribution in [1.82, 2.24) is 14.7 Å². The van der Waals surface area contributed by atoms with Crippen molar-refractivity contribution >= 4 is 18.3 Å². The summed E-state index contributed by atoms with van der Waals surface area (Å²) in [4.78, 5) is 15.1. The second kappa shape index (κ2) is 7.62. The molecule has 0 spiro atoms. The number of carbonyl (C=O) groups excluding carboxylic acids is 1. The first-order valence-electron chi connectivity index (χ1n) is 7.75. The summed E-state index contributed by atoms with van der Waals surface area (Å²) in [5.41, 5.74) is 6.74. The van der Waals surface area contributed by atoms with E-state index in [4.69, 9.17) is 5.73 Å². The molecule has 6 heteroatoms. The van der Waals surface area contributed by atoms with E-state index in [0.717, 1.165) is 18.5 Å². The number of aromatic nitrogens is 2. The number of halogens is 1. The maximum absolute atomic E-state index is 13.1. The van der Waals surface area contributed by atoms with Gasteiger partial charge in [0.1, 0.15) is 0 Å². The Morgan fingerprint density at radius 2 is 2.09 bits per heavy atom. The van der Waals surface area contributed by atoms with E-state index in [1.54, 1.807) is 10.9 Å². The molecular formula is C17H23ClN4O. The van der Waals surface area contributed by atoms with Gasteiger partial charge in [0.2, 0.25) is 0 Å². The number of rotatable bonds is 4. The van der Waals surface area contributed by atoms with Crippen LogP contribution in [0, 0.1) is 5.92 Å². The highest BCUT2D eigenvalue weighted by Crippen LogP contribution is 2.28. The van der Waals surface area contributed by atoms with Crippen molar-refractivity contribution in [3.63, 3.8) is 0 Å². The summed E-state index contributed by atoms with van der Waals surface area (Å²) >= 11 is 0. The van der Waals surface area contributed by atoms with Crippen molar-refractivity contribution in [3.8, 4) is 0 Å². The third-order valence-corrected chi connectivity index (χ3v) is 4.42. The summed E-state index contributed by atoms with van der Waals surface area (Å²) in [6.07, 6.45) is 4.53. The Hall–Kier alpha value is -1.85. The van der Waals surface area contributed by atoms with Gasteiger partial charge >= 0.3 is 0 Å². The average Bonchev–Trinajstić information content (AvgIpc) is 3.18. The van der Waals surface area contributed by atoms with Gasteiger partial charge in [-0.05, 0) is 37.4 Å². The molecule has 0 radical (unpaired) electrons. The zero-order chi connectivity index (χ0) is 15.5. The lowest BCUT2D eigenvalue weighted by atomic mass is 10.1. The lowest BCUT2D eigenvalue weighted by molar-refractivity contribution is -0.134. The second-order valence-corrected chi connectivity index (χ2v) is 5.98. The molecule has 3 rings (SSSR count).